The molecule has 0 aromatic heterocycles. The Balaban J connectivity index is 2.95. The van der Waals surface area contributed by atoms with E-state index in [1.54, 1.807) is 30.3 Å². The second kappa shape index (κ2) is 12.0. The molecule has 0 aliphatic heterocycles. The molecule has 0 heterocycles. The van der Waals surface area contributed by atoms with Crippen LogP contribution in [-0.2, 0) is 25.6 Å². The lowest BCUT2D eigenvalue weighted by molar-refractivity contribution is -0.141. The lowest BCUT2D eigenvalue weighted by Crippen LogP contribution is -2.57. The maximum absolute atomic E-state index is 12.6. The van der Waals surface area contributed by atoms with Gasteiger partial charge in [-0.05, 0) is 5.56 Å². The van der Waals surface area contributed by atoms with Gasteiger partial charge in [-0.1, -0.05) is 30.3 Å². The smallest absolute Gasteiger partial charge is 0.327 e. The minimum atomic E-state index is -1.30. The van der Waals surface area contributed by atoms with Crippen LogP contribution in [0, 0.1) is 0 Å². The van der Waals surface area contributed by atoms with E-state index in [9.17, 15) is 24.3 Å². The van der Waals surface area contributed by atoms with Crippen molar-refractivity contribution in [2.75, 3.05) is 18.9 Å². The lowest BCUT2D eigenvalue weighted by atomic mass is 10.0. The van der Waals surface area contributed by atoms with Crippen LogP contribution in [0.2, 0.25) is 0 Å². The first-order chi connectivity index (χ1) is 13.3. The van der Waals surface area contributed by atoms with Gasteiger partial charge in [-0.15, -0.1) is 0 Å². The largest absolute Gasteiger partial charge is 0.480 e. The van der Waals surface area contributed by atoms with Crippen molar-refractivity contribution in [1.82, 2.24) is 16.0 Å². The van der Waals surface area contributed by atoms with Crippen LogP contribution < -0.4 is 21.7 Å². The van der Waals surface area contributed by atoms with E-state index in [1.165, 1.54) is 0 Å². The molecule has 0 radical (unpaired) electrons. The van der Waals surface area contributed by atoms with Crippen molar-refractivity contribution in [3.8, 4) is 0 Å². The first kappa shape index (κ1) is 23.4. The highest BCUT2D eigenvalue weighted by atomic mass is 32.1. The number of hydrogen-bond acceptors (Lipinski definition) is 7. The van der Waals surface area contributed by atoms with Crippen LogP contribution in [0.3, 0.4) is 0 Å². The number of carbonyl (C=O) groups is 4. The molecule has 0 bridgehead atoms. The van der Waals surface area contributed by atoms with Gasteiger partial charge >= 0.3 is 5.97 Å². The fraction of sp³-hybridized carbons (Fsp3) is 0.412. The van der Waals surface area contributed by atoms with Gasteiger partial charge < -0.3 is 31.9 Å². The lowest BCUT2D eigenvalue weighted by Gasteiger charge is -2.23. The van der Waals surface area contributed by atoms with E-state index >= 15 is 0 Å². The molecule has 3 amide bonds. The molecule has 1 aromatic rings. The second-order valence-electron chi connectivity index (χ2n) is 5.84. The zero-order valence-electron chi connectivity index (χ0n) is 15.0. The molecule has 10 nitrogen and oxygen atoms in total. The number of carboxylic acids is 1. The number of hydrogen-bond donors (Lipinski definition) is 7. The Hall–Kier alpha value is -2.63. The number of rotatable bonds is 11. The van der Waals surface area contributed by atoms with E-state index in [2.05, 4.69) is 28.6 Å². The average molecular weight is 412 g/mol. The first-order valence-corrected chi connectivity index (χ1v) is 9.04. The van der Waals surface area contributed by atoms with Gasteiger partial charge in [0.25, 0.3) is 0 Å². The Bertz CT molecular complexity index is 687. The number of amides is 3. The summed E-state index contributed by atoms with van der Waals surface area (Å²) in [4.78, 5) is 47.4. The van der Waals surface area contributed by atoms with Crippen molar-refractivity contribution in [3.05, 3.63) is 35.9 Å². The molecule has 28 heavy (non-hydrogen) atoms. The summed E-state index contributed by atoms with van der Waals surface area (Å²) in [5.74, 6) is -3.60. The van der Waals surface area contributed by atoms with Crippen molar-refractivity contribution in [3.63, 3.8) is 0 Å². The predicted molar refractivity (Wildman–Crippen MR) is 104 cm³/mol. The quantitative estimate of drug-likeness (QED) is 0.199. The van der Waals surface area contributed by atoms with E-state index in [0.29, 0.717) is 5.56 Å². The first-order valence-electron chi connectivity index (χ1n) is 8.41. The van der Waals surface area contributed by atoms with Crippen LogP contribution in [0.15, 0.2) is 30.3 Å². The number of benzene rings is 1. The molecule has 11 heteroatoms. The van der Waals surface area contributed by atoms with Gasteiger partial charge in [0.05, 0.1) is 13.2 Å². The normalized spacial score (nSPS) is 13.7. The van der Waals surface area contributed by atoms with Gasteiger partial charge in [0.1, 0.15) is 18.1 Å². The molecule has 0 saturated heterocycles. The van der Waals surface area contributed by atoms with E-state index in [4.69, 9.17) is 10.8 Å². The molecule has 0 fully saturated rings. The third kappa shape index (κ3) is 7.55. The molecular weight excluding hydrogens is 388 g/mol. The summed E-state index contributed by atoms with van der Waals surface area (Å²) in [5.41, 5.74) is 5.89. The van der Waals surface area contributed by atoms with Crippen LogP contribution in [0.5, 0.6) is 0 Å². The molecule has 0 aliphatic carbocycles. The minimum Gasteiger partial charge on any atom is -0.480 e. The Kier molecular flexibility index (Phi) is 9.99. The summed E-state index contributed by atoms with van der Waals surface area (Å²) >= 11 is 3.89. The van der Waals surface area contributed by atoms with E-state index in [1.807, 2.05) is 0 Å². The molecule has 0 saturated carbocycles. The highest BCUT2D eigenvalue weighted by Crippen LogP contribution is 2.05. The summed E-state index contributed by atoms with van der Waals surface area (Å²) in [7, 11) is 0. The number of aliphatic carboxylic acids is 1. The number of carbonyl (C=O) groups excluding carboxylic acids is 3. The fourth-order valence-electron chi connectivity index (χ4n) is 2.24. The SMILES string of the molecule is NCC(=O)NC(CO)C(=O)NC(Cc1ccccc1)C(=O)NC(CS)C(=O)O. The number of thiol groups is 1. The molecule has 1 aromatic carbocycles. The predicted octanol–water partition coefficient (Wildman–Crippen LogP) is -2.35. The van der Waals surface area contributed by atoms with Gasteiger partial charge in [0, 0.05) is 12.2 Å². The molecule has 154 valence electrons. The standard InChI is InChI=1S/C17H24N4O6S/c18-7-14(23)19-12(8-22)16(25)20-11(6-10-4-2-1-3-5-10)15(24)21-13(9-28)17(26)27/h1-5,11-13,22,28H,6-9,18H2,(H,19,23)(H,20,25)(H,21,24)(H,26,27). The Labute approximate surface area is 167 Å². The zero-order chi connectivity index (χ0) is 21.1. The number of nitrogens with two attached hydrogens (primary N) is 1. The fourth-order valence-corrected chi connectivity index (χ4v) is 2.48. The molecule has 3 atom stereocenters. The summed E-state index contributed by atoms with van der Waals surface area (Å²) < 4.78 is 0. The molecule has 3 unspecified atom stereocenters. The molecule has 0 spiro atoms. The summed E-state index contributed by atoms with van der Waals surface area (Å²) in [6.45, 7) is -1.08. The Morgan fingerprint density at radius 2 is 1.54 bits per heavy atom. The summed E-state index contributed by atoms with van der Waals surface area (Å²) in [6, 6.07) is 5.07. The van der Waals surface area contributed by atoms with Gasteiger partial charge in [-0.25, -0.2) is 4.79 Å². The van der Waals surface area contributed by atoms with Crippen molar-refractivity contribution in [2.45, 2.75) is 24.5 Å². The van der Waals surface area contributed by atoms with Crippen molar-refractivity contribution in [1.29, 1.82) is 0 Å². The van der Waals surface area contributed by atoms with Gasteiger partial charge in [-0.3, -0.25) is 14.4 Å². The minimum absolute atomic E-state index is 0.0697. The van der Waals surface area contributed by atoms with Crippen LogP contribution in [-0.4, -0.2) is 70.9 Å². The molecule has 1 rings (SSSR count). The van der Waals surface area contributed by atoms with E-state index in [0.717, 1.165) is 0 Å². The summed E-state index contributed by atoms with van der Waals surface area (Å²) in [6.07, 6.45) is 0.0697. The van der Waals surface area contributed by atoms with Crippen molar-refractivity contribution >= 4 is 36.3 Å². The number of aliphatic hydroxyl groups is 1. The van der Waals surface area contributed by atoms with Gasteiger partial charge in [0.2, 0.25) is 17.7 Å². The molecule has 0 aliphatic rings. The van der Waals surface area contributed by atoms with Crippen LogP contribution >= 0.6 is 12.6 Å². The highest BCUT2D eigenvalue weighted by Gasteiger charge is 2.29. The van der Waals surface area contributed by atoms with E-state index < -0.39 is 48.4 Å². The molecule has 7 N–H and O–H groups in total. The number of carboxylic acid groups (broad SMARTS) is 1. The molecular formula is C17H24N4O6S. The highest BCUT2D eigenvalue weighted by molar-refractivity contribution is 7.80. The van der Waals surface area contributed by atoms with Crippen molar-refractivity contribution in [2.24, 2.45) is 5.73 Å². The van der Waals surface area contributed by atoms with Crippen LogP contribution in [0.25, 0.3) is 0 Å². The monoisotopic (exact) mass is 412 g/mol. The summed E-state index contributed by atoms with van der Waals surface area (Å²) in [5, 5.41) is 25.4. The van der Waals surface area contributed by atoms with Crippen LogP contribution in [0.1, 0.15) is 5.56 Å². The van der Waals surface area contributed by atoms with E-state index in [-0.39, 0.29) is 18.7 Å². The second-order valence-corrected chi connectivity index (χ2v) is 6.20. The average Bonchev–Trinajstić information content (AvgIpc) is 2.69. The van der Waals surface area contributed by atoms with Crippen LogP contribution in [0.4, 0.5) is 0 Å². The van der Waals surface area contributed by atoms with Crippen molar-refractivity contribution < 1.29 is 29.4 Å². The van der Waals surface area contributed by atoms with Gasteiger partial charge in [0.15, 0.2) is 0 Å². The third-order valence-electron chi connectivity index (χ3n) is 3.73. The maximum Gasteiger partial charge on any atom is 0.327 e. The number of aliphatic hydroxyl groups excluding tert-OH is 1. The third-order valence-corrected chi connectivity index (χ3v) is 4.10. The topological polar surface area (TPSA) is 171 Å². The van der Waals surface area contributed by atoms with Gasteiger partial charge in [-0.2, -0.15) is 12.6 Å². The zero-order valence-corrected chi connectivity index (χ0v) is 15.9. The Morgan fingerprint density at radius 3 is 2.04 bits per heavy atom. The Morgan fingerprint density at radius 1 is 0.964 bits per heavy atom. The maximum atomic E-state index is 12.6. The number of nitrogens with one attached hydrogen (secondary N) is 3.